The molecule has 2 rings (SSSR count). The standard InChI is InChI=1S/C13H14N2O/c1-9-3-4-10(7-12(9)14)11-5-6-13(16-2)15-8-11/h3-8H,14H2,1-2H3. The Bertz CT molecular complexity index is 492. The number of anilines is 1. The molecule has 0 bridgehead atoms. The number of pyridine rings is 1. The van der Waals surface area contributed by atoms with Gasteiger partial charge in [-0.15, -0.1) is 0 Å². The Labute approximate surface area is 94.9 Å². The van der Waals surface area contributed by atoms with Gasteiger partial charge in [-0.05, 0) is 30.2 Å². The third-order valence-corrected chi connectivity index (χ3v) is 2.56. The number of methoxy groups -OCH3 is 1. The third kappa shape index (κ3) is 1.98. The van der Waals surface area contributed by atoms with Crippen LogP contribution in [0.25, 0.3) is 11.1 Å². The molecule has 3 heteroatoms. The van der Waals surface area contributed by atoms with Crippen LogP contribution in [0.15, 0.2) is 36.5 Å². The van der Waals surface area contributed by atoms with Crippen LogP contribution >= 0.6 is 0 Å². The number of rotatable bonds is 2. The van der Waals surface area contributed by atoms with Crippen molar-refractivity contribution in [2.75, 3.05) is 12.8 Å². The highest BCUT2D eigenvalue weighted by atomic mass is 16.5. The number of ether oxygens (including phenoxy) is 1. The first-order valence-electron chi connectivity index (χ1n) is 5.07. The minimum Gasteiger partial charge on any atom is -0.481 e. The van der Waals surface area contributed by atoms with Gasteiger partial charge in [0.15, 0.2) is 0 Å². The fourth-order valence-corrected chi connectivity index (χ4v) is 1.49. The monoisotopic (exact) mass is 214 g/mol. The molecule has 0 amide bonds. The lowest BCUT2D eigenvalue weighted by Crippen LogP contribution is -1.91. The maximum Gasteiger partial charge on any atom is 0.212 e. The van der Waals surface area contributed by atoms with Crippen molar-refractivity contribution in [1.29, 1.82) is 0 Å². The lowest BCUT2D eigenvalue weighted by molar-refractivity contribution is 0.398. The lowest BCUT2D eigenvalue weighted by Gasteiger charge is -2.05. The first-order valence-corrected chi connectivity index (χ1v) is 5.07. The Kier molecular flexibility index (Phi) is 2.77. The van der Waals surface area contributed by atoms with Crippen molar-refractivity contribution >= 4 is 5.69 Å². The minimum absolute atomic E-state index is 0.615. The molecule has 0 aliphatic rings. The second-order valence-electron chi connectivity index (χ2n) is 3.66. The molecule has 1 aromatic carbocycles. The molecule has 0 unspecified atom stereocenters. The molecule has 0 atom stereocenters. The molecule has 0 aliphatic carbocycles. The average Bonchev–Trinajstić information content (AvgIpc) is 2.33. The van der Waals surface area contributed by atoms with Crippen LogP contribution < -0.4 is 10.5 Å². The third-order valence-electron chi connectivity index (χ3n) is 2.56. The Morgan fingerprint density at radius 2 is 1.88 bits per heavy atom. The first-order chi connectivity index (χ1) is 7.70. The van der Waals surface area contributed by atoms with Crippen LogP contribution in [0.1, 0.15) is 5.56 Å². The number of benzene rings is 1. The number of aryl methyl sites for hydroxylation is 1. The largest absolute Gasteiger partial charge is 0.481 e. The zero-order valence-corrected chi connectivity index (χ0v) is 9.40. The van der Waals surface area contributed by atoms with Crippen LogP contribution in [0.2, 0.25) is 0 Å². The van der Waals surface area contributed by atoms with E-state index in [-0.39, 0.29) is 0 Å². The van der Waals surface area contributed by atoms with Crippen LogP contribution in [0, 0.1) is 6.92 Å². The summed E-state index contributed by atoms with van der Waals surface area (Å²) in [6.07, 6.45) is 1.78. The minimum atomic E-state index is 0.615. The summed E-state index contributed by atoms with van der Waals surface area (Å²) in [5.74, 6) is 0.615. The molecule has 16 heavy (non-hydrogen) atoms. The summed E-state index contributed by atoms with van der Waals surface area (Å²) in [6, 6.07) is 9.81. The summed E-state index contributed by atoms with van der Waals surface area (Å²) in [5, 5.41) is 0. The second kappa shape index (κ2) is 4.23. The summed E-state index contributed by atoms with van der Waals surface area (Å²) >= 11 is 0. The molecular formula is C13H14N2O. The summed E-state index contributed by atoms with van der Waals surface area (Å²) in [4.78, 5) is 4.16. The molecule has 0 radical (unpaired) electrons. The van der Waals surface area contributed by atoms with E-state index in [1.807, 2.05) is 37.3 Å². The molecule has 0 aliphatic heterocycles. The Morgan fingerprint density at radius 3 is 2.44 bits per heavy atom. The van der Waals surface area contributed by atoms with Crippen LogP contribution in [-0.4, -0.2) is 12.1 Å². The highest BCUT2D eigenvalue weighted by Crippen LogP contribution is 2.24. The molecular weight excluding hydrogens is 200 g/mol. The molecule has 0 spiro atoms. The normalized spacial score (nSPS) is 10.1. The molecule has 1 heterocycles. The van der Waals surface area contributed by atoms with Crippen LogP contribution in [0.4, 0.5) is 5.69 Å². The van der Waals surface area contributed by atoms with Gasteiger partial charge in [0.25, 0.3) is 0 Å². The van der Waals surface area contributed by atoms with E-state index in [2.05, 4.69) is 4.98 Å². The quantitative estimate of drug-likeness (QED) is 0.782. The van der Waals surface area contributed by atoms with Gasteiger partial charge in [-0.1, -0.05) is 12.1 Å². The Morgan fingerprint density at radius 1 is 1.12 bits per heavy atom. The molecule has 0 saturated heterocycles. The summed E-state index contributed by atoms with van der Waals surface area (Å²) in [6.45, 7) is 1.99. The molecule has 1 aromatic heterocycles. The van der Waals surface area contributed by atoms with E-state index in [0.717, 1.165) is 22.4 Å². The van der Waals surface area contributed by atoms with Gasteiger partial charge in [0, 0.05) is 23.5 Å². The average molecular weight is 214 g/mol. The van der Waals surface area contributed by atoms with E-state index in [1.165, 1.54) is 0 Å². The number of hydrogen-bond donors (Lipinski definition) is 1. The van der Waals surface area contributed by atoms with Crippen LogP contribution in [0.3, 0.4) is 0 Å². The van der Waals surface area contributed by atoms with E-state index < -0.39 is 0 Å². The van der Waals surface area contributed by atoms with Crippen molar-refractivity contribution in [2.45, 2.75) is 6.92 Å². The molecule has 0 fully saturated rings. The van der Waals surface area contributed by atoms with Gasteiger partial charge in [-0.25, -0.2) is 4.98 Å². The predicted molar refractivity (Wildman–Crippen MR) is 65.4 cm³/mol. The van der Waals surface area contributed by atoms with Crippen molar-refractivity contribution in [3.05, 3.63) is 42.1 Å². The first kappa shape index (κ1) is 10.5. The molecule has 2 N–H and O–H groups in total. The number of nitrogens with zero attached hydrogens (tertiary/aromatic N) is 1. The van der Waals surface area contributed by atoms with Crippen molar-refractivity contribution in [2.24, 2.45) is 0 Å². The Balaban J connectivity index is 2.38. The zero-order valence-electron chi connectivity index (χ0n) is 9.40. The summed E-state index contributed by atoms with van der Waals surface area (Å²) < 4.78 is 5.01. The lowest BCUT2D eigenvalue weighted by atomic mass is 10.0. The number of aromatic nitrogens is 1. The van der Waals surface area contributed by atoms with Gasteiger partial charge in [0.2, 0.25) is 5.88 Å². The van der Waals surface area contributed by atoms with E-state index in [9.17, 15) is 0 Å². The topological polar surface area (TPSA) is 48.1 Å². The van der Waals surface area contributed by atoms with Crippen LogP contribution in [-0.2, 0) is 0 Å². The highest BCUT2D eigenvalue weighted by molar-refractivity contribution is 5.68. The SMILES string of the molecule is COc1ccc(-c2ccc(C)c(N)c2)cn1. The second-order valence-corrected chi connectivity index (χ2v) is 3.66. The fourth-order valence-electron chi connectivity index (χ4n) is 1.49. The van der Waals surface area contributed by atoms with E-state index in [4.69, 9.17) is 10.5 Å². The summed E-state index contributed by atoms with van der Waals surface area (Å²) in [5.41, 5.74) is 9.86. The number of nitrogen functional groups attached to an aromatic ring is 1. The van der Waals surface area contributed by atoms with E-state index in [0.29, 0.717) is 5.88 Å². The van der Waals surface area contributed by atoms with Gasteiger partial charge >= 0.3 is 0 Å². The van der Waals surface area contributed by atoms with Gasteiger partial charge in [0.05, 0.1) is 7.11 Å². The highest BCUT2D eigenvalue weighted by Gasteiger charge is 2.01. The van der Waals surface area contributed by atoms with Gasteiger partial charge in [0.1, 0.15) is 0 Å². The summed E-state index contributed by atoms with van der Waals surface area (Å²) in [7, 11) is 1.60. The molecule has 2 aromatic rings. The van der Waals surface area contributed by atoms with Gasteiger partial charge < -0.3 is 10.5 Å². The zero-order chi connectivity index (χ0) is 11.5. The van der Waals surface area contributed by atoms with Crippen molar-refractivity contribution in [3.63, 3.8) is 0 Å². The van der Waals surface area contributed by atoms with Gasteiger partial charge in [-0.3, -0.25) is 0 Å². The van der Waals surface area contributed by atoms with Crippen molar-refractivity contribution in [1.82, 2.24) is 4.98 Å². The maximum absolute atomic E-state index is 5.87. The fraction of sp³-hybridized carbons (Fsp3) is 0.154. The van der Waals surface area contributed by atoms with Crippen molar-refractivity contribution < 1.29 is 4.74 Å². The molecule has 3 nitrogen and oxygen atoms in total. The predicted octanol–water partition coefficient (Wildman–Crippen LogP) is 2.65. The van der Waals surface area contributed by atoms with Crippen molar-refractivity contribution in [3.8, 4) is 17.0 Å². The molecule has 82 valence electrons. The smallest absolute Gasteiger partial charge is 0.212 e. The van der Waals surface area contributed by atoms with Gasteiger partial charge in [-0.2, -0.15) is 0 Å². The van der Waals surface area contributed by atoms with E-state index >= 15 is 0 Å². The van der Waals surface area contributed by atoms with E-state index in [1.54, 1.807) is 13.3 Å². The maximum atomic E-state index is 5.87. The molecule has 0 saturated carbocycles. The number of hydrogen-bond acceptors (Lipinski definition) is 3. The Hall–Kier alpha value is -2.03. The van der Waals surface area contributed by atoms with Crippen LogP contribution in [0.5, 0.6) is 5.88 Å². The number of nitrogens with two attached hydrogens (primary N) is 1.